The van der Waals surface area contributed by atoms with E-state index in [0.717, 1.165) is 25.5 Å². The second-order valence-corrected chi connectivity index (χ2v) is 4.64. The molecule has 6 nitrogen and oxygen atoms in total. The fourth-order valence-corrected chi connectivity index (χ4v) is 2.04. The van der Waals surface area contributed by atoms with Crippen molar-refractivity contribution in [1.82, 2.24) is 9.97 Å². The Morgan fingerprint density at radius 3 is 2.57 bits per heavy atom. The number of anilines is 1. The SMILES string of the molecule is O=C(O)c1cnc(OCC(F)(F)F)c(N2CCCCC2)n1. The molecular weight excluding hydrogens is 291 g/mol. The molecule has 21 heavy (non-hydrogen) atoms. The van der Waals surface area contributed by atoms with Crippen LogP contribution in [0, 0.1) is 0 Å². The number of carboxylic acid groups (broad SMARTS) is 1. The average molecular weight is 305 g/mol. The molecule has 1 aromatic rings. The highest BCUT2D eigenvalue weighted by atomic mass is 19.4. The van der Waals surface area contributed by atoms with E-state index in [1.165, 1.54) is 0 Å². The average Bonchev–Trinajstić information content (AvgIpc) is 2.45. The highest BCUT2D eigenvalue weighted by molar-refractivity contribution is 5.85. The van der Waals surface area contributed by atoms with Crippen molar-refractivity contribution < 1.29 is 27.8 Å². The van der Waals surface area contributed by atoms with Crippen molar-refractivity contribution in [3.8, 4) is 5.88 Å². The summed E-state index contributed by atoms with van der Waals surface area (Å²) in [4.78, 5) is 20.2. The highest BCUT2D eigenvalue weighted by Gasteiger charge is 2.30. The van der Waals surface area contributed by atoms with Crippen LogP contribution in [0.4, 0.5) is 19.0 Å². The zero-order valence-electron chi connectivity index (χ0n) is 11.1. The first-order chi connectivity index (χ1) is 9.87. The third-order valence-electron chi connectivity index (χ3n) is 2.97. The fourth-order valence-electron chi connectivity index (χ4n) is 2.04. The Morgan fingerprint density at radius 2 is 2.00 bits per heavy atom. The number of carbonyl (C=O) groups is 1. The Morgan fingerprint density at radius 1 is 1.33 bits per heavy atom. The summed E-state index contributed by atoms with van der Waals surface area (Å²) in [6, 6.07) is 0. The van der Waals surface area contributed by atoms with Gasteiger partial charge in [0.15, 0.2) is 18.1 Å². The minimum Gasteiger partial charge on any atom is -0.476 e. The molecule has 0 saturated carbocycles. The van der Waals surface area contributed by atoms with Crippen molar-refractivity contribution in [2.75, 3.05) is 24.6 Å². The number of nitrogens with zero attached hydrogens (tertiary/aromatic N) is 3. The van der Waals surface area contributed by atoms with Crippen LogP contribution in [0.5, 0.6) is 5.88 Å². The molecule has 0 atom stereocenters. The molecule has 1 aromatic heterocycles. The van der Waals surface area contributed by atoms with E-state index in [2.05, 4.69) is 14.7 Å². The van der Waals surface area contributed by atoms with Gasteiger partial charge in [0.25, 0.3) is 5.88 Å². The quantitative estimate of drug-likeness (QED) is 0.918. The highest BCUT2D eigenvalue weighted by Crippen LogP contribution is 2.28. The molecule has 0 radical (unpaired) electrons. The molecule has 0 unspecified atom stereocenters. The summed E-state index contributed by atoms with van der Waals surface area (Å²) in [6.07, 6.45) is -0.871. The van der Waals surface area contributed by atoms with Crippen LogP contribution in [-0.2, 0) is 0 Å². The lowest BCUT2D eigenvalue weighted by molar-refractivity contribution is -0.154. The largest absolute Gasteiger partial charge is 0.476 e. The van der Waals surface area contributed by atoms with Crippen molar-refractivity contribution in [3.05, 3.63) is 11.9 Å². The van der Waals surface area contributed by atoms with Crippen LogP contribution in [0.3, 0.4) is 0 Å². The lowest BCUT2D eigenvalue weighted by atomic mass is 10.1. The molecule has 0 aromatic carbocycles. The third-order valence-corrected chi connectivity index (χ3v) is 2.97. The number of aromatic carboxylic acids is 1. The summed E-state index contributed by atoms with van der Waals surface area (Å²) in [6.45, 7) is -0.324. The van der Waals surface area contributed by atoms with Crippen molar-refractivity contribution in [3.63, 3.8) is 0 Å². The summed E-state index contributed by atoms with van der Waals surface area (Å²) in [7, 11) is 0. The summed E-state index contributed by atoms with van der Waals surface area (Å²) < 4.78 is 41.4. The van der Waals surface area contributed by atoms with Gasteiger partial charge in [-0.05, 0) is 19.3 Å². The van der Waals surface area contributed by atoms with Crippen LogP contribution in [0.25, 0.3) is 0 Å². The van der Waals surface area contributed by atoms with Crippen molar-refractivity contribution in [2.45, 2.75) is 25.4 Å². The van der Waals surface area contributed by atoms with E-state index in [-0.39, 0.29) is 17.4 Å². The lowest BCUT2D eigenvalue weighted by Gasteiger charge is -2.28. The Bertz CT molecular complexity index is 516. The van der Waals surface area contributed by atoms with Gasteiger partial charge in [-0.2, -0.15) is 13.2 Å². The predicted molar refractivity (Wildman–Crippen MR) is 66.6 cm³/mol. The fraction of sp³-hybridized carbons (Fsp3) is 0.583. The smallest absolute Gasteiger partial charge is 0.422 e. The summed E-state index contributed by atoms with van der Waals surface area (Å²) in [5.41, 5.74) is -0.324. The van der Waals surface area contributed by atoms with Gasteiger partial charge in [-0.15, -0.1) is 0 Å². The zero-order chi connectivity index (χ0) is 15.5. The van der Waals surface area contributed by atoms with Crippen LogP contribution in [-0.4, -0.2) is 46.9 Å². The summed E-state index contributed by atoms with van der Waals surface area (Å²) >= 11 is 0. The van der Waals surface area contributed by atoms with Crippen LogP contribution < -0.4 is 9.64 Å². The standard InChI is InChI=1S/C12H14F3N3O3/c13-12(14,15)7-21-10-9(18-4-2-1-3-5-18)17-8(6-16-10)11(19)20/h6H,1-5,7H2,(H,19,20). The topological polar surface area (TPSA) is 75.6 Å². The molecule has 2 heterocycles. The van der Waals surface area contributed by atoms with Gasteiger partial charge in [0.1, 0.15) is 0 Å². The molecule has 9 heteroatoms. The van der Waals surface area contributed by atoms with Gasteiger partial charge in [-0.1, -0.05) is 0 Å². The number of aromatic nitrogens is 2. The maximum atomic E-state index is 12.2. The molecule has 1 fully saturated rings. The first kappa shape index (κ1) is 15.3. The van der Waals surface area contributed by atoms with Crippen LogP contribution in [0.15, 0.2) is 6.20 Å². The van der Waals surface area contributed by atoms with Crippen LogP contribution in [0.2, 0.25) is 0 Å². The number of ether oxygens (including phenoxy) is 1. The Labute approximate surface area is 118 Å². The number of piperidine rings is 1. The first-order valence-electron chi connectivity index (χ1n) is 6.41. The normalized spacial score (nSPS) is 15.9. The molecule has 1 saturated heterocycles. The first-order valence-corrected chi connectivity index (χ1v) is 6.41. The maximum Gasteiger partial charge on any atom is 0.422 e. The van der Waals surface area contributed by atoms with E-state index >= 15 is 0 Å². The van der Waals surface area contributed by atoms with E-state index in [1.54, 1.807) is 4.90 Å². The molecular formula is C12H14F3N3O3. The third kappa shape index (κ3) is 4.20. The van der Waals surface area contributed by atoms with E-state index in [9.17, 15) is 18.0 Å². The molecule has 1 N–H and O–H groups in total. The molecule has 116 valence electrons. The van der Waals surface area contributed by atoms with Gasteiger partial charge in [-0.3, -0.25) is 0 Å². The second-order valence-electron chi connectivity index (χ2n) is 4.64. The monoisotopic (exact) mass is 305 g/mol. The van der Waals surface area contributed by atoms with E-state index in [1.807, 2.05) is 0 Å². The van der Waals surface area contributed by atoms with Gasteiger partial charge < -0.3 is 14.7 Å². The number of hydrogen-bond acceptors (Lipinski definition) is 5. The van der Waals surface area contributed by atoms with Gasteiger partial charge in [0.2, 0.25) is 0 Å². The molecule has 0 amide bonds. The Balaban J connectivity index is 2.27. The van der Waals surface area contributed by atoms with E-state index in [0.29, 0.717) is 13.1 Å². The van der Waals surface area contributed by atoms with Gasteiger partial charge >= 0.3 is 12.1 Å². The summed E-state index contributed by atoms with van der Waals surface area (Å²) in [5, 5.41) is 8.92. The van der Waals surface area contributed by atoms with E-state index in [4.69, 9.17) is 5.11 Å². The summed E-state index contributed by atoms with van der Waals surface area (Å²) in [5.74, 6) is -1.53. The predicted octanol–water partition coefficient (Wildman–Crippen LogP) is 2.11. The maximum absolute atomic E-state index is 12.2. The minimum absolute atomic E-state index is 0.0545. The molecule has 2 rings (SSSR count). The number of alkyl halides is 3. The molecule has 1 aliphatic heterocycles. The molecule has 0 aliphatic carbocycles. The molecule has 0 spiro atoms. The van der Waals surface area contributed by atoms with Crippen molar-refractivity contribution in [1.29, 1.82) is 0 Å². The molecule has 0 bridgehead atoms. The Kier molecular flexibility index (Phi) is 4.49. The minimum atomic E-state index is -4.49. The Hall–Kier alpha value is -2.06. The second kappa shape index (κ2) is 6.15. The van der Waals surface area contributed by atoms with Gasteiger partial charge in [-0.25, -0.2) is 14.8 Å². The van der Waals surface area contributed by atoms with Crippen LogP contribution in [0.1, 0.15) is 29.8 Å². The van der Waals surface area contributed by atoms with Crippen molar-refractivity contribution in [2.24, 2.45) is 0 Å². The van der Waals surface area contributed by atoms with Crippen molar-refractivity contribution >= 4 is 11.8 Å². The number of halogens is 3. The van der Waals surface area contributed by atoms with Crippen LogP contribution >= 0.6 is 0 Å². The molecule has 1 aliphatic rings. The van der Waals surface area contributed by atoms with Gasteiger partial charge in [0, 0.05) is 13.1 Å². The van der Waals surface area contributed by atoms with E-state index < -0.39 is 18.8 Å². The zero-order valence-corrected chi connectivity index (χ0v) is 11.1. The number of hydrogen-bond donors (Lipinski definition) is 1. The van der Waals surface area contributed by atoms with Gasteiger partial charge in [0.05, 0.1) is 6.20 Å². The number of carboxylic acids is 1. The number of rotatable bonds is 4. The lowest BCUT2D eigenvalue weighted by Crippen LogP contribution is -2.32.